The Bertz CT molecular complexity index is 455. The van der Waals surface area contributed by atoms with E-state index < -0.39 is 17.3 Å². The zero-order valence-corrected chi connectivity index (χ0v) is 9.48. The molecule has 1 aliphatic rings. The summed E-state index contributed by atoms with van der Waals surface area (Å²) in [7, 11) is 0. The number of aliphatic hydroxyl groups is 1. The molecular weight excluding hydrogens is 225 g/mol. The van der Waals surface area contributed by atoms with E-state index in [2.05, 4.69) is 0 Å². The van der Waals surface area contributed by atoms with Crippen LogP contribution in [0.15, 0.2) is 18.2 Å². The van der Waals surface area contributed by atoms with Crippen molar-refractivity contribution in [1.29, 1.82) is 0 Å². The third-order valence-corrected chi connectivity index (χ3v) is 3.10. The fourth-order valence-electron chi connectivity index (χ4n) is 1.88. The summed E-state index contributed by atoms with van der Waals surface area (Å²) >= 11 is 0. The monoisotopic (exact) mass is 239 g/mol. The number of likely N-dealkylation sites (tertiary alicyclic amines) is 1. The first-order valence-corrected chi connectivity index (χ1v) is 5.45. The average molecular weight is 239 g/mol. The van der Waals surface area contributed by atoms with Gasteiger partial charge >= 0.3 is 0 Å². The molecule has 0 spiro atoms. The molecular formula is C12H14FNO3. The molecule has 1 aromatic carbocycles. The van der Waals surface area contributed by atoms with Crippen LogP contribution < -0.4 is 0 Å². The number of carbonyl (C=O) groups excluding carboxylic acids is 1. The van der Waals surface area contributed by atoms with Crippen LogP contribution in [0.1, 0.15) is 23.7 Å². The third-order valence-electron chi connectivity index (χ3n) is 3.10. The highest BCUT2D eigenvalue weighted by Gasteiger charge is 2.42. The number of nitrogens with zero attached hydrogens (tertiary/aromatic N) is 1. The van der Waals surface area contributed by atoms with E-state index in [-0.39, 0.29) is 24.4 Å². The molecule has 0 bridgehead atoms. The molecule has 1 fully saturated rings. The van der Waals surface area contributed by atoms with Gasteiger partial charge in [-0.05, 0) is 24.6 Å². The first-order chi connectivity index (χ1) is 7.95. The Morgan fingerprint density at radius 3 is 2.76 bits per heavy atom. The molecule has 2 N–H and O–H groups in total. The zero-order chi connectivity index (χ0) is 12.6. The Hall–Kier alpha value is -1.62. The number of aromatic hydroxyl groups is 1. The van der Waals surface area contributed by atoms with Gasteiger partial charge in [0.05, 0.1) is 24.3 Å². The Labute approximate surface area is 98.3 Å². The molecule has 17 heavy (non-hydrogen) atoms. The van der Waals surface area contributed by atoms with Gasteiger partial charge in [0, 0.05) is 0 Å². The van der Waals surface area contributed by atoms with Crippen LogP contribution in [0.25, 0.3) is 0 Å². The Morgan fingerprint density at radius 2 is 2.18 bits per heavy atom. The number of hydrogen-bond acceptors (Lipinski definition) is 3. The largest absolute Gasteiger partial charge is 0.507 e. The summed E-state index contributed by atoms with van der Waals surface area (Å²) in [5.41, 5.74) is -0.901. The van der Waals surface area contributed by atoms with Gasteiger partial charge in [0.15, 0.2) is 0 Å². The van der Waals surface area contributed by atoms with Crippen molar-refractivity contribution < 1.29 is 19.4 Å². The van der Waals surface area contributed by atoms with E-state index in [4.69, 9.17) is 0 Å². The highest BCUT2D eigenvalue weighted by molar-refractivity contribution is 5.97. The lowest BCUT2D eigenvalue weighted by Gasteiger charge is -2.46. The smallest absolute Gasteiger partial charge is 0.257 e. The van der Waals surface area contributed by atoms with E-state index in [0.29, 0.717) is 6.42 Å². The molecule has 0 aromatic heterocycles. The van der Waals surface area contributed by atoms with E-state index in [1.54, 1.807) is 0 Å². The molecule has 1 aliphatic heterocycles. The molecule has 1 heterocycles. The number of carbonyl (C=O) groups is 1. The summed E-state index contributed by atoms with van der Waals surface area (Å²) in [4.78, 5) is 13.3. The predicted octanol–water partition coefficient (Wildman–Crippen LogP) is 1.13. The van der Waals surface area contributed by atoms with Crippen molar-refractivity contribution in [3.63, 3.8) is 0 Å². The molecule has 92 valence electrons. The van der Waals surface area contributed by atoms with Crippen molar-refractivity contribution in [3.8, 4) is 5.75 Å². The minimum Gasteiger partial charge on any atom is -0.507 e. The van der Waals surface area contributed by atoms with Gasteiger partial charge in [0.25, 0.3) is 5.91 Å². The third kappa shape index (κ3) is 2.10. The summed E-state index contributed by atoms with van der Waals surface area (Å²) < 4.78 is 13.0. The molecule has 0 atom stereocenters. The Kier molecular flexibility index (Phi) is 2.79. The number of rotatable bonds is 2. The Morgan fingerprint density at radius 1 is 1.53 bits per heavy atom. The van der Waals surface area contributed by atoms with Gasteiger partial charge in [-0.2, -0.15) is 0 Å². The number of hydrogen-bond donors (Lipinski definition) is 2. The maximum atomic E-state index is 13.0. The van der Waals surface area contributed by atoms with Crippen molar-refractivity contribution in [2.45, 2.75) is 18.9 Å². The second-order valence-corrected chi connectivity index (χ2v) is 4.40. The second-order valence-electron chi connectivity index (χ2n) is 4.40. The quantitative estimate of drug-likeness (QED) is 0.813. The summed E-state index contributed by atoms with van der Waals surface area (Å²) in [5.74, 6) is -1.28. The van der Waals surface area contributed by atoms with E-state index in [1.807, 2.05) is 6.92 Å². The summed E-state index contributed by atoms with van der Waals surface area (Å²) in [6.07, 6.45) is 0.561. The van der Waals surface area contributed by atoms with Crippen LogP contribution in [-0.4, -0.2) is 39.7 Å². The van der Waals surface area contributed by atoms with Gasteiger partial charge in [-0.1, -0.05) is 6.92 Å². The number of phenols is 1. The molecule has 4 nitrogen and oxygen atoms in total. The van der Waals surface area contributed by atoms with Gasteiger partial charge in [-0.15, -0.1) is 0 Å². The number of amides is 1. The van der Waals surface area contributed by atoms with Crippen molar-refractivity contribution in [1.82, 2.24) is 4.90 Å². The highest BCUT2D eigenvalue weighted by Crippen LogP contribution is 2.28. The highest BCUT2D eigenvalue weighted by atomic mass is 19.1. The summed E-state index contributed by atoms with van der Waals surface area (Å²) in [6.45, 7) is 2.28. The van der Waals surface area contributed by atoms with Crippen LogP contribution in [0.5, 0.6) is 5.75 Å². The molecule has 0 saturated carbocycles. The van der Waals surface area contributed by atoms with Crippen LogP contribution in [-0.2, 0) is 0 Å². The maximum Gasteiger partial charge on any atom is 0.257 e. The summed E-state index contributed by atoms with van der Waals surface area (Å²) in [6, 6.07) is 3.24. The molecule has 0 radical (unpaired) electrons. The lowest BCUT2D eigenvalue weighted by Crippen LogP contribution is -2.63. The van der Waals surface area contributed by atoms with Gasteiger partial charge in [-0.25, -0.2) is 4.39 Å². The number of phenolic OH excluding ortho intramolecular Hbond substituents is 1. The molecule has 1 amide bonds. The summed E-state index contributed by atoms with van der Waals surface area (Å²) in [5, 5.41) is 19.3. The molecule has 1 aromatic rings. The van der Waals surface area contributed by atoms with Crippen LogP contribution in [0.2, 0.25) is 0 Å². The molecule has 2 rings (SSSR count). The second kappa shape index (κ2) is 4.00. The zero-order valence-electron chi connectivity index (χ0n) is 9.48. The average Bonchev–Trinajstić information content (AvgIpc) is 2.27. The normalized spacial score (nSPS) is 17.7. The molecule has 0 unspecified atom stereocenters. The van der Waals surface area contributed by atoms with E-state index in [0.717, 1.165) is 18.2 Å². The fourth-order valence-corrected chi connectivity index (χ4v) is 1.88. The molecule has 1 saturated heterocycles. The number of benzene rings is 1. The predicted molar refractivity (Wildman–Crippen MR) is 59.2 cm³/mol. The standard InChI is InChI=1S/C12H14FNO3/c1-2-12(17)6-14(7-12)11(16)9-5-8(13)3-4-10(9)15/h3-5,15,17H,2,6-7H2,1H3. The van der Waals surface area contributed by atoms with Crippen LogP contribution in [0, 0.1) is 5.82 Å². The van der Waals surface area contributed by atoms with Crippen molar-refractivity contribution >= 4 is 5.91 Å². The van der Waals surface area contributed by atoms with Gasteiger partial charge in [0.1, 0.15) is 11.6 Å². The van der Waals surface area contributed by atoms with Crippen molar-refractivity contribution in [3.05, 3.63) is 29.6 Å². The molecule has 5 heteroatoms. The van der Waals surface area contributed by atoms with E-state index in [9.17, 15) is 19.4 Å². The first-order valence-electron chi connectivity index (χ1n) is 5.45. The number of β-amino-alcohol motifs (C(OH)–C–C–N with tert-alkyl or cyclic N) is 1. The maximum absolute atomic E-state index is 13.0. The minimum absolute atomic E-state index is 0.0665. The van der Waals surface area contributed by atoms with Crippen LogP contribution >= 0.6 is 0 Å². The topological polar surface area (TPSA) is 60.8 Å². The SMILES string of the molecule is CCC1(O)CN(C(=O)c2cc(F)ccc2O)C1. The van der Waals surface area contributed by atoms with Crippen molar-refractivity contribution in [2.75, 3.05) is 13.1 Å². The fraction of sp³-hybridized carbons (Fsp3) is 0.417. The minimum atomic E-state index is -0.835. The first kappa shape index (κ1) is 11.9. The Balaban J connectivity index is 2.14. The van der Waals surface area contributed by atoms with Gasteiger partial charge in [-0.3, -0.25) is 4.79 Å². The lowest BCUT2D eigenvalue weighted by atomic mass is 9.90. The van der Waals surface area contributed by atoms with Gasteiger partial charge < -0.3 is 15.1 Å². The molecule has 0 aliphatic carbocycles. The lowest BCUT2D eigenvalue weighted by molar-refractivity contribution is -0.0827. The van der Waals surface area contributed by atoms with Gasteiger partial charge in [0.2, 0.25) is 0 Å². The van der Waals surface area contributed by atoms with Crippen LogP contribution in [0.3, 0.4) is 0 Å². The van der Waals surface area contributed by atoms with E-state index >= 15 is 0 Å². The number of halogens is 1. The van der Waals surface area contributed by atoms with Crippen molar-refractivity contribution in [2.24, 2.45) is 0 Å². The van der Waals surface area contributed by atoms with E-state index in [1.165, 1.54) is 4.90 Å². The van der Waals surface area contributed by atoms with Crippen LogP contribution in [0.4, 0.5) is 4.39 Å².